The van der Waals surface area contributed by atoms with Crippen molar-refractivity contribution in [1.82, 2.24) is 4.90 Å². The van der Waals surface area contributed by atoms with Crippen molar-refractivity contribution in [3.05, 3.63) is 57.5 Å². The molecule has 0 N–H and O–H groups in total. The Balaban J connectivity index is 1.81. The standard InChI is InChI=1S/C23H28N2O2S/c1-24-11-9-18(10-12-24)23-19-6-4-3-5-17(19)7-8-21-20(23)15-22(28-21)25(16-26)13-14-27-2/h3-6,15-16H,7-14H2,1-2H3. The van der Waals surface area contributed by atoms with E-state index in [-0.39, 0.29) is 0 Å². The smallest absolute Gasteiger partial charge is 0.214 e. The van der Waals surface area contributed by atoms with Gasteiger partial charge in [-0.2, -0.15) is 0 Å². The number of carbonyl (C=O) groups is 1. The van der Waals surface area contributed by atoms with Crippen LogP contribution in [0.4, 0.5) is 5.00 Å². The largest absolute Gasteiger partial charge is 0.383 e. The van der Waals surface area contributed by atoms with Crippen molar-refractivity contribution in [3.63, 3.8) is 0 Å². The lowest BCUT2D eigenvalue weighted by molar-refractivity contribution is -0.107. The lowest BCUT2D eigenvalue weighted by Crippen LogP contribution is -2.27. The summed E-state index contributed by atoms with van der Waals surface area (Å²) in [6.07, 6.45) is 5.25. The van der Waals surface area contributed by atoms with Crippen LogP contribution in [-0.2, 0) is 22.4 Å². The van der Waals surface area contributed by atoms with E-state index in [1.165, 1.54) is 27.1 Å². The summed E-state index contributed by atoms with van der Waals surface area (Å²) in [6.45, 7) is 3.36. The van der Waals surface area contributed by atoms with Crippen molar-refractivity contribution >= 4 is 28.3 Å². The van der Waals surface area contributed by atoms with Crippen molar-refractivity contribution in [2.45, 2.75) is 25.7 Å². The normalized spacial score (nSPS) is 17.1. The monoisotopic (exact) mass is 396 g/mol. The topological polar surface area (TPSA) is 32.8 Å². The molecular weight excluding hydrogens is 368 g/mol. The molecule has 1 aromatic heterocycles. The molecule has 2 aliphatic rings. The van der Waals surface area contributed by atoms with Crippen molar-refractivity contribution in [2.24, 2.45) is 0 Å². The molecule has 0 unspecified atom stereocenters. The van der Waals surface area contributed by atoms with Crippen LogP contribution in [-0.4, -0.2) is 51.7 Å². The van der Waals surface area contributed by atoms with E-state index in [0.29, 0.717) is 13.2 Å². The third-order valence-corrected chi connectivity index (χ3v) is 7.10. The third kappa shape index (κ3) is 3.79. The highest BCUT2D eigenvalue weighted by atomic mass is 32.1. The first-order chi connectivity index (χ1) is 13.7. The second-order valence-electron chi connectivity index (χ2n) is 7.65. The van der Waals surface area contributed by atoms with Crippen molar-refractivity contribution in [1.29, 1.82) is 0 Å². The molecule has 1 aliphatic heterocycles. The van der Waals surface area contributed by atoms with Crippen molar-refractivity contribution < 1.29 is 9.53 Å². The maximum Gasteiger partial charge on any atom is 0.214 e. The number of methoxy groups -OCH3 is 1. The number of hydrogen-bond acceptors (Lipinski definition) is 4. The quantitative estimate of drug-likeness (QED) is 0.717. The van der Waals surface area contributed by atoms with Gasteiger partial charge in [0, 0.05) is 31.6 Å². The van der Waals surface area contributed by atoms with Gasteiger partial charge in [0.25, 0.3) is 0 Å². The number of fused-ring (bicyclic) bond motifs is 2. The third-order valence-electron chi connectivity index (χ3n) is 5.86. The first-order valence-corrected chi connectivity index (χ1v) is 10.9. The van der Waals surface area contributed by atoms with E-state index in [1.807, 2.05) is 0 Å². The Kier molecular flexibility index (Phi) is 5.95. The van der Waals surface area contributed by atoms with Crippen LogP contribution in [0.25, 0.3) is 5.57 Å². The average Bonchev–Trinajstić information content (AvgIpc) is 3.06. The fourth-order valence-corrected chi connectivity index (χ4v) is 5.41. The van der Waals surface area contributed by atoms with Crippen LogP contribution in [0.3, 0.4) is 0 Å². The van der Waals surface area contributed by atoms with Crippen LogP contribution in [0.1, 0.15) is 34.4 Å². The van der Waals surface area contributed by atoms with Gasteiger partial charge in [0.05, 0.1) is 11.6 Å². The zero-order valence-electron chi connectivity index (χ0n) is 16.7. The Labute approximate surface area is 171 Å². The molecule has 28 heavy (non-hydrogen) atoms. The summed E-state index contributed by atoms with van der Waals surface area (Å²) in [7, 11) is 3.88. The summed E-state index contributed by atoms with van der Waals surface area (Å²) in [4.78, 5) is 17.3. The fraction of sp³-hybridized carbons (Fsp3) is 0.435. The number of anilines is 1. The molecule has 4 rings (SSSR count). The van der Waals surface area contributed by atoms with E-state index in [9.17, 15) is 4.79 Å². The Morgan fingerprint density at radius 2 is 1.93 bits per heavy atom. The van der Waals surface area contributed by atoms with Crippen LogP contribution < -0.4 is 4.90 Å². The number of likely N-dealkylation sites (tertiary alicyclic amines) is 1. The summed E-state index contributed by atoms with van der Waals surface area (Å²) in [6, 6.07) is 11.1. The van der Waals surface area contributed by atoms with Gasteiger partial charge in [0.15, 0.2) is 0 Å². The molecule has 2 aromatic rings. The Hall–Kier alpha value is -1.95. The average molecular weight is 397 g/mol. The van der Waals surface area contributed by atoms with Gasteiger partial charge in [-0.15, -0.1) is 11.3 Å². The predicted octanol–water partition coefficient (Wildman–Crippen LogP) is 3.98. The number of benzene rings is 1. The molecule has 0 spiro atoms. The van der Waals surface area contributed by atoms with E-state index < -0.39 is 0 Å². The maximum atomic E-state index is 11.7. The van der Waals surface area contributed by atoms with Crippen LogP contribution in [0.15, 0.2) is 35.9 Å². The van der Waals surface area contributed by atoms with Gasteiger partial charge < -0.3 is 14.5 Å². The van der Waals surface area contributed by atoms with E-state index in [0.717, 1.165) is 50.2 Å². The van der Waals surface area contributed by atoms with Crippen LogP contribution >= 0.6 is 11.3 Å². The Bertz CT molecular complexity index is 876. The summed E-state index contributed by atoms with van der Waals surface area (Å²) >= 11 is 1.77. The number of nitrogens with zero attached hydrogens (tertiary/aromatic N) is 2. The summed E-state index contributed by atoms with van der Waals surface area (Å²) < 4.78 is 5.18. The molecular formula is C23H28N2O2S. The summed E-state index contributed by atoms with van der Waals surface area (Å²) in [5.41, 5.74) is 7.16. The fourth-order valence-electron chi connectivity index (χ4n) is 4.25. The molecule has 0 saturated carbocycles. The highest BCUT2D eigenvalue weighted by Gasteiger charge is 2.26. The minimum absolute atomic E-state index is 0.546. The number of hydrogen-bond donors (Lipinski definition) is 0. The minimum atomic E-state index is 0.546. The molecule has 0 radical (unpaired) electrons. The van der Waals surface area contributed by atoms with Crippen LogP contribution in [0.5, 0.6) is 0 Å². The zero-order valence-corrected chi connectivity index (χ0v) is 17.6. The van der Waals surface area contributed by atoms with Crippen LogP contribution in [0, 0.1) is 0 Å². The number of rotatable bonds is 5. The second-order valence-corrected chi connectivity index (χ2v) is 8.77. The predicted molar refractivity (Wildman–Crippen MR) is 116 cm³/mol. The Morgan fingerprint density at radius 1 is 1.14 bits per heavy atom. The molecule has 1 aliphatic carbocycles. The molecule has 0 bridgehead atoms. The number of amides is 1. The molecule has 1 amide bonds. The number of carbonyl (C=O) groups excluding carboxylic acids is 1. The highest BCUT2D eigenvalue weighted by molar-refractivity contribution is 7.16. The van der Waals surface area contributed by atoms with Gasteiger partial charge >= 0.3 is 0 Å². The maximum absolute atomic E-state index is 11.7. The molecule has 0 atom stereocenters. The second kappa shape index (κ2) is 8.60. The van der Waals surface area contributed by atoms with Gasteiger partial charge in [0.1, 0.15) is 0 Å². The van der Waals surface area contributed by atoms with E-state index in [1.54, 1.807) is 28.9 Å². The van der Waals surface area contributed by atoms with E-state index in [4.69, 9.17) is 4.74 Å². The van der Waals surface area contributed by atoms with E-state index >= 15 is 0 Å². The Morgan fingerprint density at radius 3 is 2.68 bits per heavy atom. The number of piperidine rings is 1. The number of thiophene rings is 1. The molecule has 1 aromatic carbocycles. The molecule has 148 valence electrons. The highest BCUT2D eigenvalue weighted by Crippen LogP contribution is 2.43. The van der Waals surface area contributed by atoms with Crippen molar-refractivity contribution in [3.8, 4) is 0 Å². The molecule has 2 heterocycles. The van der Waals surface area contributed by atoms with Gasteiger partial charge in [-0.25, -0.2) is 0 Å². The number of aryl methyl sites for hydroxylation is 2. The van der Waals surface area contributed by atoms with Crippen molar-refractivity contribution in [2.75, 3.05) is 45.3 Å². The minimum Gasteiger partial charge on any atom is -0.383 e. The van der Waals surface area contributed by atoms with Gasteiger partial charge in [-0.1, -0.05) is 29.8 Å². The summed E-state index contributed by atoms with van der Waals surface area (Å²) in [5.74, 6) is 0. The molecule has 1 saturated heterocycles. The lowest BCUT2D eigenvalue weighted by Gasteiger charge is -2.27. The molecule has 5 heteroatoms. The molecule has 1 fully saturated rings. The first-order valence-electron chi connectivity index (χ1n) is 10.0. The van der Waals surface area contributed by atoms with Crippen LogP contribution in [0.2, 0.25) is 0 Å². The van der Waals surface area contributed by atoms with Gasteiger partial charge in [-0.05, 0) is 61.1 Å². The molecule has 4 nitrogen and oxygen atoms in total. The van der Waals surface area contributed by atoms with Gasteiger partial charge in [0.2, 0.25) is 6.41 Å². The summed E-state index contributed by atoms with van der Waals surface area (Å²) in [5, 5.41) is 1.03. The zero-order chi connectivity index (χ0) is 19.5. The van der Waals surface area contributed by atoms with E-state index in [2.05, 4.69) is 42.3 Å². The number of ether oxygens (including phenoxy) is 1. The first kappa shape index (κ1) is 19.4. The SMILES string of the molecule is COCCN(C=O)c1cc2c(s1)CCc1ccccc1C2=C1CCN(C)CC1. The lowest BCUT2D eigenvalue weighted by atomic mass is 9.88. The van der Waals surface area contributed by atoms with Gasteiger partial charge in [-0.3, -0.25) is 4.79 Å².